The number of methoxy groups -OCH3 is 2. The molecule has 0 radical (unpaired) electrons. The van der Waals surface area contributed by atoms with Gasteiger partial charge in [-0.25, -0.2) is 0 Å². The quantitative estimate of drug-likeness (QED) is 0.761. The number of rotatable bonds is 7. The molecule has 0 aliphatic carbocycles. The fraction of sp³-hybridized carbons (Fsp3) is 0.538. The summed E-state index contributed by atoms with van der Waals surface area (Å²) in [6.45, 7) is 2.93. The molecule has 0 aliphatic rings. The van der Waals surface area contributed by atoms with Gasteiger partial charge in [-0.1, -0.05) is 6.92 Å². The van der Waals surface area contributed by atoms with Crippen LogP contribution in [0.1, 0.15) is 13.3 Å². The minimum atomic E-state index is 0.586. The van der Waals surface area contributed by atoms with Crippen LogP contribution in [0.15, 0.2) is 23.1 Å². The standard InChI is InChI=1S/C13H21NO2S/c1-10(9-14)6-7-17-11-4-5-12(15-2)13(8-11)16-3/h4-5,8,10H,6-7,9,14H2,1-3H3. The van der Waals surface area contributed by atoms with E-state index in [1.807, 2.05) is 23.9 Å². The van der Waals surface area contributed by atoms with E-state index < -0.39 is 0 Å². The molecule has 1 atom stereocenters. The fourth-order valence-corrected chi connectivity index (χ4v) is 2.51. The Bertz CT molecular complexity index is 344. The summed E-state index contributed by atoms with van der Waals surface area (Å²) in [5.41, 5.74) is 5.59. The van der Waals surface area contributed by atoms with Crippen molar-refractivity contribution in [3.05, 3.63) is 18.2 Å². The van der Waals surface area contributed by atoms with E-state index in [4.69, 9.17) is 15.2 Å². The van der Waals surface area contributed by atoms with Crippen LogP contribution in [-0.2, 0) is 0 Å². The van der Waals surface area contributed by atoms with Crippen LogP contribution >= 0.6 is 11.8 Å². The van der Waals surface area contributed by atoms with Gasteiger partial charge in [-0.15, -0.1) is 11.8 Å². The van der Waals surface area contributed by atoms with Crippen LogP contribution in [0.3, 0.4) is 0 Å². The molecule has 3 nitrogen and oxygen atoms in total. The lowest BCUT2D eigenvalue weighted by atomic mass is 10.1. The average Bonchev–Trinajstić information content (AvgIpc) is 2.38. The molecule has 0 heterocycles. The summed E-state index contributed by atoms with van der Waals surface area (Å²) in [7, 11) is 3.30. The Morgan fingerprint density at radius 1 is 1.24 bits per heavy atom. The molecule has 0 amide bonds. The number of benzene rings is 1. The van der Waals surface area contributed by atoms with Gasteiger partial charge in [0.25, 0.3) is 0 Å². The molecule has 4 heteroatoms. The number of nitrogens with two attached hydrogens (primary N) is 1. The van der Waals surface area contributed by atoms with Gasteiger partial charge in [0.1, 0.15) is 0 Å². The summed E-state index contributed by atoms with van der Waals surface area (Å²) >= 11 is 1.82. The number of ether oxygens (including phenoxy) is 2. The predicted molar refractivity (Wildman–Crippen MR) is 73.1 cm³/mol. The van der Waals surface area contributed by atoms with Gasteiger partial charge >= 0.3 is 0 Å². The highest BCUT2D eigenvalue weighted by atomic mass is 32.2. The largest absolute Gasteiger partial charge is 0.493 e. The van der Waals surface area contributed by atoms with Crippen LogP contribution in [0, 0.1) is 5.92 Å². The van der Waals surface area contributed by atoms with Crippen molar-refractivity contribution in [3.8, 4) is 11.5 Å². The van der Waals surface area contributed by atoms with E-state index in [1.165, 1.54) is 4.90 Å². The van der Waals surface area contributed by atoms with Crippen LogP contribution in [0.25, 0.3) is 0 Å². The van der Waals surface area contributed by atoms with Gasteiger partial charge in [-0.2, -0.15) is 0 Å². The molecule has 0 saturated heterocycles. The summed E-state index contributed by atoms with van der Waals surface area (Å²) < 4.78 is 10.5. The predicted octanol–water partition coefficient (Wildman–Crippen LogP) is 2.78. The van der Waals surface area contributed by atoms with Crippen molar-refractivity contribution >= 4 is 11.8 Å². The van der Waals surface area contributed by atoms with E-state index >= 15 is 0 Å². The zero-order valence-corrected chi connectivity index (χ0v) is 11.5. The summed E-state index contributed by atoms with van der Waals surface area (Å²) in [4.78, 5) is 1.20. The van der Waals surface area contributed by atoms with Crippen molar-refractivity contribution < 1.29 is 9.47 Å². The Morgan fingerprint density at radius 2 is 1.94 bits per heavy atom. The smallest absolute Gasteiger partial charge is 0.161 e. The van der Waals surface area contributed by atoms with E-state index in [0.717, 1.165) is 30.2 Å². The van der Waals surface area contributed by atoms with Crippen molar-refractivity contribution in [2.45, 2.75) is 18.2 Å². The van der Waals surface area contributed by atoms with Crippen molar-refractivity contribution in [1.29, 1.82) is 0 Å². The molecule has 1 rings (SSSR count). The van der Waals surface area contributed by atoms with Gasteiger partial charge < -0.3 is 15.2 Å². The normalized spacial score (nSPS) is 12.2. The van der Waals surface area contributed by atoms with Gasteiger partial charge in [-0.3, -0.25) is 0 Å². The average molecular weight is 255 g/mol. The van der Waals surface area contributed by atoms with E-state index in [-0.39, 0.29) is 0 Å². The van der Waals surface area contributed by atoms with E-state index in [0.29, 0.717) is 5.92 Å². The highest BCUT2D eigenvalue weighted by Crippen LogP contribution is 2.32. The Morgan fingerprint density at radius 3 is 2.53 bits per heavy atom. The second kappa shape index (κ2) is 7.45. The number of hydrogen-bond donors (Lipinski definition) is 1. The third kappa shape index (κ3) is 4.48. The molecule has 0 bridgehead atoms. The second-order valence-electron chi connectivity index (χ2n) is 3.99. The van der Waals surface area contributed by atoms with E-state index in [9.17, 15) is 0 Å². The first-order valence-corrected chi connectivity index (χ1v) is 6.74. The Kier molecular flexibility index (Phi) is 6.22. The molecule has 0 aromatic heterocycles. The Balaban J connectivity index is 2.54. The third-order valence-electron chi connectivity index (χ3n) is 2.64. The van der Waals surface area contributed by atoms with Gasteiger partial charge in [0.05, 0.1) is 14.2 Å². The zero-order valence-electron chi connectivity index (χ0n) is 10.7. The van der Waals surface area contributed by atoms with E-state index in [2.05, 4.69) is 13.0 Å². The lowest BCUT2D eigenvalue weighted by molar-refractivity contribution is 0.354. The molecule has 96 valence electrons. The fourth-order valence-electron chi connectivity index (χ4n) is 1.40. The molecular weight excluding hydrogens is 234 g/mol. The summed E-state index contributed by atoms with van der Waals surface area (Å²) in [5.74, 6) is 3.22. The van der Waals surface area contributed by atoms with Crippen molar-refractivity contribution in [1.82, 2.24) is 0 Å². The number of hydrogen-bond acceptors (Lipinski definition) is 4. The molecule has 1 aromatic carbocycles. The molecule has 2 N–H and O–H groups in total. The molecule has 0 fully saturated rings. The highest BCUT2D eigenvalue weighted by Gasteiger charge is 2.05. The first kappa shape index (κ1) is 14.2. The molecule has 1 aromatic rings. The first-order valence-electron chi connectivity index (χ1n) is 5.76. The van der Waals surface area contributed by atoms with Gasteiger partial charge in [0, 0.05) is 4.90 Å². The third-order valence-corrected chi connectivity index (χ3v) is 3.66. The molecular formula is C13H21NO2S. The topological polar surface area (TPSA) is 44.5 Å². The van der Waals surface area contributed by atoms with Crippen molar-refractivity contribution in [2.75, 3.05) is 26.5 Å². The van der Waals surface area contributed by atoms with Crippen LogP contribution < -0.4 is 15.2 Å². The number of thioether (sulfide) groups is 1. The van der Waals surface area contributed by atoms with Crippen LogP contribution in [0.4, 0.5) is 0 Å². The Labute approximate surface area is 108 Å². The SMILES string of the molecule is COc1ccc(SCCC(C)CN)cc1OC. The van der Waals surface area contributed by atoms with Crippen LogP contribution in [0.5, 0.6) is 11.5 Å². The zero-order chi connectivity index (χ0) is 12.7. The van der Waals surface area contributed by atoms with Gasteiger partial charge in [-0.05, 0) is 42.8 Å². The lowest BCUT2D eigenvalue weighted by Gasteiger charge is -2.10. The van der Waals surface area contributed by atoms with Gasteiger partial charge in [0.2, 0.25) is 0 Å². The van der Waals surface area contributed by atoms with Crippen molar-refractivity contribution in [3.63, 3.8) is 0 Å². The molecule has 17 heavy (non-hydrogen) atoms. The minimum Gasteiger partial charge on any atom is -0.493 e. The lowest BCUT2D eigenvalue weighted by Crippen LogP contribution is -2.11. The maximum absolute atomic E-state index is 5.59. The summed E-state index contributed by atoms with van der Waals surface area (Å²) in [6, 6.07) is 6.00. The monoisotopic (exact) mass is 255 g/mol. The van der Waals surface area contributed by atoms with Gasteiger partial charge in [0.15, 0.2) is 11.5 Å². The molecule has 1 unspecified atom stereocenters. The second-order valence-corrected chi connectivity index (χ2v) is 5.16. The van der Waals surface area contributed by atoms with Crippen LogP contribution in [0.2, 0.25) is 0 Å². The maximum Gasteiger partial charge on any atom is 0.161 e. The maximum atomic E-state index is 5.59. The molecule has 0 aliphatic heterocycles. The van der Waals surface area contributed by atoms with E-state index in [1.54, 1.807) is 14.2 Å². The Hall–Kier alpha value is -0.870. The molecule has 0 spiro atoms. The summed E-state index contributed by atoms with van der Waals surface area (Å²) in [5, 5.41) is 0. The first-order chi connectivity index (χ1) is 8.21. The van der Waals surface area contributed by atoms with Crippen molar-refractivity contribution in [2.24, 2.45) is 11.7 Å². The minimum absolute atomic E-state index is 0.586. The highest BCUT2D eigenvalue weighted by molar-refractivity contribution is 7.99. The summed E-state index contributed by atoms with van der Waals surface area (Å²) in [6.07, 6.45) is 1.13. The van der Waals surface area contributed by atoms with Crippen LogP contribution in [-0.4, -0.2) is 26.5 Å². The molecule has 0 saturated carbocycles.